The number of allylic oxidation sites excluding steroid dienone is 4. The van der Waals surface area contributed by atoms with Crippen LogP contribution < -0.4 is 0 Å². The van der Waals surface area contributed by atoms with E-state index in [1.54, 1.807) is 26.2 Å². The van der Waals surface area contributed by atoms with Gasteiger partial charge >= 0.3 is 0 Å². The van der Waals surface area contributed by atoms with Crippen LogP contribution in [-0.4, -0.2) is 63.0 Å². The summed E-state index contributed by atoms with van der Waals surface area (Å²) in [6, 6.07) is 7.72. The summed E-state index contributed by atoms with van der Waals surface area (Å²) in [5.41, 5.74) is -5.50. The molecule has 1 saturated heterocycles. The Morgan fingerprint density at radius 3 is 2.76 bits per heavy atom. The van der Waals surface area contributed by atoms with Crippen LogP contribution in [0.5, 0.6) is 0 Å². The molecule has 0 spiro atoms. The van der Waals surface area contributed by atoms with Crippen molar-refractivity contribution in [3.05, 3.63) is 75.8 Å². The van der Waals surface area contributed by atoms with Crippen molar-refractivity contribution in [3.8, 4) is 0 Å². The molecule has 10 heteroatoms. The number of carbonyl (C=O) groups excluding carboxylic acids is 2. The van der Waals surface area contributed by atoms with E-state index in [2.05, 4.69) is 4.98 Å². The molecule has 0 bridgehead atoms. The Kier molecular flexibility index (Phi) is 6.32. The van der Waals surface area contributed by atoms with Crippen LogP contribution in [-0.2, 0) is 25.5 Å². The number of thiophene rings is 1. The molecule has 4 fully saturated rings. The summed E-state index contributed by atoms with van der Waals surface area (Å²) in [4.78, 5) is 31.7. The number of alkyl halides is 2. The SMILES string of the molecule is C[C@]12C=CC(=O)C=C1[C@@H](F)C[C@H]1[C@@H]3C[C@H]4O[C@@H](c5ccc(Cc6cccnc6)s5)O[C@@]4(C(=O)CO)[C@@]3(C)C[C@H](O)[C@@]12F. The summed E-state index contributed by atoms with van der Waals surface area (Å²) in [7, 11) is 0. The van der Waals surface area contributed by atoms with Gasteiger partial charge in [-0.15, -0.1) is 11.3 Å². The monoisotopic (exact) mass is 597 g/mol. The van der Waals surface area contributed by atoms with Gasteiger partial charge in [-0.05, 0) is 73.6 Å². The lowest BCUT2D eigenvalue weighted by Crippen LogP contribution is -2.70. The van der Waals surface area contributed by atoms with Gasteiger partial charge in [-0.3, -0.25) is 14.6 Å². The van der Waals surface area contributed by atoms with E-state index in [0.717, 1.165) is 21.4 Å². The predicted octanol–water partition coefficient (Wildman–Crippen LogP) is 4.38. The summed E-state index contributed by atoms with van der Waals surface area (Å²) >= 11 is 1.49. The van der Waals surface area contributed by atoms with E-state index in [1.807, 2.05) is 24.3 Å². The molecule has 2 N–H and O–H groups in total. The number of rotatable bonds is 5. The third kappa shape index (κ3) is 3.53. The Hall–Kier alpha value is -2.63. The first-order valence-electron chi connectivity index (χ1n) is 14.4. The zero-order chi connectivity index (χ0) is 29.7. The molecule has 3 saturated carbocycles. The number of ether oxygens (including phenoxy) is 2. The minimum atomic E-state index is -2.28. The Morgan fingerprint density at radius 1 is 1.21 bits per heavy atom. The molecule has 7 rings (SSSR count). The molecule has 0 amide bonds. The van der Waals surface area contributed by atoms with Crippen molar-refractivity contribution in [3.63, 3.8) is 0 Å². The van der Waals surface area contributed by atoms with Crippen molar-refractivity contribution >= 4 is 22.9 Å². The second-order valence-electron chi connectivity index (χ2n) is 12.8. The number of fused-ring (bicyclic) bond motifs is 7. The second-order valence-corrected chi connectivity index (χ2v) is 14.0. The molecule has 7 nitrogen and oxygen atoms in total. The Balaban J connectivity index is 1.24. The highest BCUT2D eigenvalue weighted by atomic mass is 32.1. The van der Waals surface area contributed by atoms with Gasteiger partial charge in [0, 0.05) is 40.4 Å². The van der Waals surface area contributed by atoms with Crippen molar-refractivity contribution in [2.45, 2.75) is 75.5 Å². The molecule has 2 aromatic rings. The number of carbonyl (C=O) groups is 2. The van der Waals surface area contributed by atoms with E-state index in [4.69, 9.17) is 9.47 Å². The summed E-state index contributed by atoms with van der Waals surface area (Å²) < 4.78 is 46.2. The normalized spacial score (nSPS) is 43.8. The van der Waals surface area contributed by atoms with Crippen LogP contribution in [0.3, 0.4) is 0 Å². The van der Waals surface area contributed by atoms with Gasteiger partial charge < -0.3 is 19.7 Å². The van der Waals surface area contributed by atoms with Crippen molar-refractivity contribution in [1.82, 2.24) is 4.98 Å². The smallest absolute Gasteiger partial charge is 0.194 e. The van der Waals surface area contributed by atoms with Crippen LogP contribution in [0.15, 0.2) is 60.5 Å². The third-order valence-electron chi connectivity index (χ3n) is 10.9. The number of Topliss-reactive ketones (excluding diaryl/α,β-unsaturated/α-hetero) is 1. The number of halogens is 2. The van der Waals surface area contributed by atoms with Gasteiger partial charge in [-0.25, -0.2) is 8.78 Å². The highest BCUT2D eigenvalue weighted by Gasteiger charge is 2.80. The number of hydrogen-bond acceptors (Lipinski definition) is 8. The molecule has 222 valence electrons. The fourth-order valence-electron chi connectivity index (χ4n) is 9.01. The minimum Gasteiger partial charge on any atom is -0.390 e. The fourth-order valence-corrected chi connectivity index (χ4v) is 10.0. The van der Waals surface area contributed by atoms with Gasteiger partial charge in [-0.1, -0.05) is 19.1 Å². The molecule has 4 aliphatic carbocycles. The number of aromatic nitrogens is 1. The lowest BCUT2D eigenvalue weighted by molar-refractivity contribution is -0.234. The minimum absolute atomic E-state index is 0.0445. The molecule has 42 heavy (non-hydrogen) atoms. The lowest BCUT2D eigenvalue weighted by Gasteiger charge is -2.63. The molecule has 0 radical (unpaired) electrons. The molecule has 0 aromatic carbocycles. The molecule has 3 heterocycles. The zero-order valence-corrected chi connectivity index (χ0v) is 24.2. The summed E-state index contributed by atoms with van der Waals surface area (Å²) in [5, 5.41) is 21.8. The van der Waals surface area contributed by atoms with Crippen LogP contribution in [0.2, 0.25) is 0 Å². The van der Waals surface area contributed by atoms with Crippen LogP contribution in [0.4, 0.5) is 8.78 Å². The van der Waals surface area contributed by atoms with E-state index in [9.17, 15) is 19.8 Å². The Morgan fingerprint density at radius 2 is 2.02 bits per heavy atom. The molecule has 0 unspecified atom stereocenters. The largest absolute Gasteiger partial charge is 0.390 e. The van der Waals surface area contributed by atoms with E-state index < -0.39 is 76.8 Å². The zero-order valence-electron chi connectivity index (χ0n) is 23.3. The van der Waals surface area contributed by atoms with E-state index in [-0.39, 0.29) is 24.8 Å². The summed E-state index contributed by atoms with van der Waals surface area (Å²) in [5.74, 6) is -2.56. The van der Waals surface area contributed by atoms with Gasteiger partial charge in [0.2, 0.25) is 0 Å². The summed E-state index contributed by atoms with van der Waals surface area (Å²) in [6.07, 6.45) is 2.92. The van der Waals surface area contributed by atoms with Crippen LogP contribution in [0, 0.1) is 22.7 Å². The number of nitrogens with zero attached hydrogens (tertiary/aromatic N) is 1. The molecule has 1 aliphatic heterocycles. The Bertz CT molecular complexity index is 1510. The average Bonchev–Trinajstić information content (AvgIpc) is 3.65. The maximum absolute atomic E-state index is 17.5. The van der Waals surface area contributed by atoms with Gasteiger partial charge in [0.05, 0.1) is 17.1 Å². The lowest BCUT2D eigenvalue weighted by atomic mass is 9.44. The average molecular weight is 598 g/mol. The topological polar surface area (TPSA) is 106 Å². The first kappa shape index (κ1) is 28.2. The van der Waals surface area contributed by atoms with Gasteiger partial charge in [0.1, 0.15) is 12.8 Å². The number of hydrogen-bond donors (Lipinski definition) is 2. The summed E-state index contributed by atoms with van der Waals surface area (Å²) in [6.45, 7) is 2.51. The third-order valence-corrected chi connectivity index (χ3v) is 12.0. The molecule has 5 aliphatic rings. The molecule has 2 aromatic heterocycles. The van der Waals surface area contributed by atoms with E-state index in [0.29, 0.717) is 6.42 Å². The fraction of sp³-hybridized carbons (Fsp3) is 0.531. The van der Waals surface area contributed by atoms with Crippen molar-refractivity contribution < 1.29 is 38.1 Å². The van der Waals surface area contributed by atoms with Crippen LogP contribution in [0.1, 0.15) is 54.7 Å². The van der Waals surface area contributed by atoms with Crippen molar-refractivity contribution in [2.24, 2.45) is 22.7 Å². The second kappa shape index (κ2) is 9.43. The quantitative estimate of drug-likeness (QED) is 0.527. The standard InChI is InChI=1S/C32H33F2NO6S/c1-29-8-7-18(37)11-22(29)23(33)12-21-20-13-27-32(26(39)16-36,30(20,2)14-25(38)31(21,29)34)41-28(40-27)24-6-5-19(42-24)10-17-4-3-9-35-15-17/h3-9,11,15,20-21,23,25,27-28,36,38H,10,12-14,16H2,1-2H3/t20-,21-,23-,25-,27+,28+,29-,30-,31-,32+/m0/s1. The van der Waals surface area contributed by atoms with Gasteiger partial charge in [0.15, 0.2) is 29.1 Å². The Labute approximate surface area is 246 Å². The number of pyridine rings is 1. The highest BCUT2D eigenvalue weighted by molar-refractivity contribution is 7.12. The molecular weight excluding hydrogens is 564 g/mol. The maximum Gasteiger partial charge on any atom is 0.194 e. The number of ketones is 2. The van der Waals surface area contributed by atoms with Crippen molar-refractivity contribution in [2.75, 3.05) is 6.61 Å². The first-order chi connectivity index (χ1) is 20.0. The van der Waals surface area contributed by atoms with Crippen LogP contribution >= 0.6 is 11.3 Å². The molecular formula is C32H33F2NO6S. The molecule has 10 atom stereocenters. The van der Waals surface area contributed by atoms with Crippen molar-refractivity contribution in [1.29, 1.82) is 0 Å². The maximum atomic E-state index is 17.5. The highest BCUT2D eigenvalue weighted by Crippen LogP contribution is 2.72. The number of aliphatic hydroxyl groups is 2. The predicted molar refractivity (Wildman–Crippen MR) is 149 cm³/mol. The number of aliphatic hydroxyl groups excluding tert-OH is 2. The first-order valence-corrected chi connectivity index (χ1v) is 15.2. The van der Waals surface area contributed by atoms with E-state index >= 15 is 8.78 Å². The van der Waals surface area contributed by atoms with Crippen LogP contribution in [0.25, 0.3) is 0 Å². The van der Waals surface area contributed by atoms with E-state index in [1.165, 1.54) is 23.5 Å². The van der Waals surface area contributed by atoms with Gasteiger partial charge in [0.25, 0.3) is 0 Å². The van der Waals surface area contributed by atoms with Gasteiger partial charge in [-0.2, -0.15) is 0 Å².